The molecule has 9 heteroatoms. The fraction of sp³-hybridized carbons (Fsp3) is 0.474. The molecule has 1 aliphatic carbocycles. The molecule has 4 rings (SSSR count). The van der Waals surface area contributed by atoms with Gasteiger partial charge in [-0.3, -0.25) is 14.5 Å². The van der Waals surface area contributed by atoms with E-state index in [1.54, 1.807) is 11.3 Å². The van der Waals surface area contributed by atoms with Gasteiger partial charge in [-0.1, -0.05) is 19.4 Å². The number of thiazole rings is 1. The van der Waals surface area contributed by atoms with Gasteiger partial charge in [0.25, 0.3) is 5.91 Å². The molecule has 4 amide bonds. The molecule has 0 atom stereocenters. The van der Waals surface area contributed by atoms with Crippen molar-refractivity contribution in [1.82, 2.24) is 15.2 Å². The minimum Gasteiger partial charge on any atom is -0.323 e. The summed E-state index contributed by atoms with van der Waals surface area (Å²) in [7, 11) is 0. The topological polar surface area (TPSA) is 91.4 Å². The standard InChI is InChI=1S/C19H22N4O3S2/c1-2-12-5-7-19(8-6-12)16(25)23(18(26)22-19)10-15(24)21-17-20-13(11-28-17)14-4-3-9-27-14/h3-4,9,11-12H,2,5-8,10H2,1H3,(H,22,26)(H,20,21,24). The minimum atomic E-state index is -0.823. The number of nitrogens with zero attached hydrogens (tertiary/aromatic N) is 2. The maximum absolute atomic E-state index is 12.9. The van der Waals surface area contributed by atoms with Crippen molar-refractivity contribution in [3.8, 4) is 10.6 Å². The second kappa shape index (κ2) is 7.63. The Morgan fingerprint density at radius 2 is 2.14 bits per heavy atom. The lowest BCUT2D eigenvalue weighted by Crippen LogP contribution is -2.49. The third-order valence-corrected chi connectivity index (χ3v) is 7.26. The van der Waals surface area contributed by atoms with Crippen molar-refractivity contribution in [2.24, 2.45) is 5.92 Å². The summed E-state index contributed by atoms with van der Waals surface area (Å²) >= 11 is 2.89. The molecule has 28 heavy (non-hydrogen) atoms. The Labute approximate surface area is 171 Å². The lowest BCUT2D eigenvalue weighted by atomic mass is 9.75. The van der Waals surface area contributed by atoms with Crippen molar-refractivity contribution >= 4 is 45.7 Å². The highest BCUT2D eigenvalue weighted by atomic mass is 32.1. The van der Waals surface area contributed by atoms with Crippen molar-refractivity contribution in [3.63, 3.8) is 0 Å². The van der Waals surface area contributed by atoms with Crippen molar-refractivity contribution in [2.75, 3.05) is 11.9 Å². The van der Waals surface area contributed by atoms with Crippen LogP contribution >= 0.6 is 22.7 Å². The van der Waals surface area contributed by atoms with Crippen molar-refractivity contribution in [3.05, 3.63) is 22.9 Å². The summed E-state index contributed by atoms with van der Waals surface area (Å²) in [4.78, 5) is 44.1. The molecule has 0 radical (unpaired) electrons. The number of anilines is 1. The van der Waals surface area contributed by atoms with Crippen LogP contribution in [0.25, 0.3) is 10.6 Å². The van der Waals surface area contributed by atoms with E-state index >= 15 is 0 Å². The van der Waals surface area contributed by atoms with E-state index in [4.69, 9.17) is 0 Å². The van der Waals surface area contributed by atoms with E-state index in [2.05, 4.69) is 22.5 Å². The van der Waals surface area contributed by atoms with E-state index in [9.17, 15) is 14.4 Å². The van der Waals surface area contributed by atoms with Crippen LogP contribution in [0.2, 0.25) is 0 Å². The van der Waals surface area contributed by atoms with Gasteiger partial charge < -0.3 is 10.6 Å². The molecule has 1 saturated heterocycles. The zero-order chi connectivity index (χ0) is 19.7. The van der Waals surface area contributed by atoms with Gasteiger partial charge in [0.05, 0.1) is 10.6 Å². The number of thiophene rings is 1. The van der Waals surface area contributed by atoms with E-state index in [1.807, 2.05) is 22.9 Å². The van der Waals surface area contributed by atoms with Crippen LogP contribution in [0.1, 0.15) is 39.0 Å². The minimum absolute atomic E-state index is 0.277. The number of amides is 4. The smallest absolute Gasteiger partial charge is 0.323 e. The average Bonchev–Trinajstić information content (AvgIpc) is 3.41. The van der Waals surface area contributed by atoms with E-state index in [-0.39, 0.29) is 12.5 Å². The number of rotatable bonds is 5. The van der Waals surface area contributed by atoms with Crippen molar-refractivity contribution in [2.45, 2.75) is 44.6 Å². The molecule has 148 valence electrons. The summed E-state index contributed by atoms with van der Waals surface area (Å²) in [5.41, 5.74) is -0.0201. The fourth-order valence-corrected chi connectivity index (χ4v) is 5.40. The Balaban J connectivity index is 1.38. The molecular formula is C19H22N4O3S2. The van der Waals surface area contributed by atoms with Crippen LogP contribution in [0.5, 0.6) is 0 Å². The average molecular weight is 419 g/mol. The van der Waals surface area contributed by atoms with Gasteiger partial charge in [-0.2, -0.15) is 0 Å². The third-order valence-electron chi connectivity index (χ3n) is 5.61. The first-order valence-electron chi connectivity index (χ1n) is 9.44. The number of imide groups is 1. The van der Waals surface area contributed by atoms with Crippen LogP contribution in [-0.4, -0.2) is 39.8 Å². The summed E-state index contributed by atoms with van der Waals surface area (Å²) in [6.45, 7) is 1.86. The van der Waals surface area contributed by atoms with Gasteiger partial charge in [0, 0.05) is 5.38 Å². The van der Waals surface area contributed by atoms with Crippen LogP contribution in [0.4, 0.5) is 9.93 Å². The zero-order valence-electron chi connectivity index (χ0n) is 15.6. The highest BCUT2D eigenvalue weighted by Gasteiger charge is 2.52. The van der Waals surface area contributed by atoms with E-state index in [0.29, 0.717) is 23.9 Å². The Morgan fingerprint density at radius 1 is 1.36 bits per heavy atom. The first-order chi connectivity index (χ1) is 13.5. The Morgan fingerprint density at radius 3 is 2.82 bits per heavy atom. The van der Waals surface area contributed by atoms with Gasteiger partial charge in [0.15, 0.2) is 5.13 Å². The van der Waals surface area contributed by atoms with Gasteiger partial charge >= 0.3 is 6.03 Å². The summed E-state index contributed by atoms with van der Waals surface area (Å²) in [6.07, 6.45) is 4.22. The quantitative estimate of drug-likeness (QED) is 0.724. The molecule has 2 fully saturated rings. The number of urea groups is 1. The van der Waals surface area contributed by atoms with Gasteiger partial charge in [-0.15, -0.1) is 22.7 Å². The van der Waals surface area contributed by atoms with Crippen LogP contribution < -0.4 is 10.6 Å². The highest BCUT2D eigenvalue weighted by molar-refractivity contribution is 7.16. The van der Waals surface area contributed by atoms with Gasteiger partial charge in [-0.05, 0) is 43.0 Å². The molecule has 7 nitrogen and oxygen atoms in total. The summed E-state index contributed by atoms with van der Waals surface area (Å²) in [6, 6.07) is 3.43. The number of hydrogen-bond acceptors (Lipinski definition) is 6. The SMILES string of the molecule is CCC1CCC2(CC1)NC(=O)N(CC(=O)Nc1nc(-c3cccs3)cs1)C2=O. The van der Waals surface area contributed by atoms with Crippen LogP contribution in [0.15, 0.2) is 22.9 Å². The first-order valence-corrected chi connectivity index (χ1v) is 11.2. The fourth-order valence-electron chi connectivity index (χ4n) is 3.91. The molecule has 0 unspecified atom stereocenters. The Kier molecular flexibility index (Phi) is 5.20. The molecule has 1 aliphatic heterocycles. The monoisotopic (exact) mass is 418 g/mol. The predicted molar refractivity (Wildman–Crippen MR) is 109 cm³/mol. The van der Waals surface area contributed by atoms with Gasteiger partial charge in [-0.25, -0.2) is 9.78 Å². The normalized spacial score (nSPS) is 24.6. The predicted octanol–water partition coefficient (Wildman–Crippen LogP) is 3.70. The molecule has 1 saturated carbocycles. The second-order valence-corrected chi connectivity index (χ2v) is 9.12. The van der Waals surface area contributed by atoms with Crippen LogP contribution in [0.3, 0.4) is 0 Å². The molecule has 2 aromatic heterocycles. The first kappa shape index (κ1) is 19.1. The molecule has 2 aliphatic rings. The van der Waals surface area contributed by atoms with Gasteiger partial charge in [0.2, 0.25) is 5.91 Å². The number of aromatic nitrogens is 1. The summed E-state index contributed by atoms with van der Waals surface area (Å²) in [5, 5.41) is 9.85. The number of carbonyl (C=O) groups excluding carboxylic acids is 3. The number of hydrogen-bond donors (Lipinski definition) is 2. The Bertz CT molecular complexity index is 885. The lowest BCUT2D eigenvalue weighted by molar-refractivity contribution is -0.135. The number of carbonyl (C=O) groups is 3. The molecule has 2 aromatic rings. The molecule has 0 bridgehead atoms. The maximum Gasteiger partial charge on any atom is 0.325 e. The lowest BCUT2D eigenvalue weighted by Gasteiger charge is -2.34. The third kappa shape index (κ3) is 3.56. The second-order valence-electron chi connectivity index (χ2n) is 7.32. The van der Waals surface area contributed by atoms with Crippen LogP contribution in [0, 0.1) is 5.92 Å². The molecule has 2 N–H and O–H groups in total. The van der Waals surface area contributed by atoms with E-state index < -0.39 is 17.5 Å². The summed E-state index contributed by atoms with van der Waals surface area (Å²) in [5.74, 6) is -0.0920. The highest BCUT2D eigenvalue weighted by Crippen LogP contribution is 2.37. The molecule has 1 spiro atoms. The zero-order valence-corrected chi connectivity index (χ0v) is 17.2. The largest absolute Gasteiger partial charge is 0.325 e. The maximum atomic E-state index is 12.9. The Hall–Kier alpha value is -2.26. The van der Waals surface area contributed by atoms with Gasteiger partial charge in [0.1, 0.15) is 12.1 Å². The molecule has 3 heterocycles. The van der Waals surface area contributed by atoms with Crippen LogP contribution in [-0.2, 0) is 9.59 Å². The van der Waals surface area contributed by atoms with E-state index in [0.717, 1.165) is 34.7 Å². The molecule has 0 aromatic carbocycles. The van der Waals surface area contributed by atoms with Crippen molar-refractivity contribution < 1.29 is 14.4 Å². The van der Waals surface area contributed by atoms with E-state index in [1.165, 1.54) is 11.3 Å². The number of nitrogens with one attached hydrogen (secondary N) is 2. The summed E-state index contributed by atoms with van der Waals surface area (Å²) < 4.78 is 0. The van der Waals surface area contributed by atoms with Crippen molar-refractivity contribution in [1.29, 1.82) is 0 Å². The molecular weight excluding hydrogens is 396 g/mol.